The fourth-order valence-electron chi connectivity index (χ4n) is 0.670. The second-order valence-electron chi connectivity index (χ2n) is 2.70. The number of hydrogen-bond acceptors (Lipinski definition) is 3. The van der Waals surface area contributed by atoms with Crippen LogP contribution in [0.2, 0.25) is 0 Å². The van der Waals surface area contributed by atoms with Crippen LogP contribution in [0.3, 0.4) is 0 Å². The minimum Gasteiger partial charge on any atom is -0.382 e. The fraction of sp³-hybridized carbons (Fsp3) is 1.00. The highest BCUT2D eigenvalue weighted by molar-refractivity contribution is 4.54. The van der Waals surface area contributed by atoms with Crippen molar-refractivity contribution in [1.82, 2.24) is 0 Å². The molecule has 0 saturated carbocycles. The lowest BCUT2D eigenvalue weighted by molar-refractivity contribution is -0.0460. The highest BCUT2D eigenvalue weighted by Gasteiger charge is 2.07. The van der Waals surface area contributed by atoms with Crippen LogP contribution in [0.5, 0.6) is 0 Å². The van der Waals surface area contributed by atoms with E-state index < -0.39 is 0 Å². The van der Waals surface area contributed by atoms with E-state index in [1.54, 1.807) is 14.2 Å². The van der Waals surface area contributed by atoms with Crippen LogP contribution in [0.25, 0.3) is 0 Å². The Kier molecular flexibility index (Phi) is 6.51. The summed E-state index contributed by atoms with van der Waals surface area (Å²) in [5, 5.41) is 0. The maximum Gasteiger partial charge on any atom is 0.104 e. The van der Waals surface area contributed by atoms with Gasteiger partial charge in [-0.2, -0.15) is 0 Å². The van der Waals surface area contributed by atoms with Gasteiger partial charge in [0.15, 0.2) is 0 Å². The zero-order chi connectivity index (χ0) is 8.69. The van der Waals surface area contributed by atoms with E-state index in [0.717, 1.165) is 0 Å². The van der Waals surface area contributed by atoms with Crippen molar-refractivity contribution in [2.24, 2.45) is 0 Å². The average Bonchev–Trinajstić information content (AvgIpc) is 1.97. The molecule has 0 heterocycles. The summed E-state index contributed by atoms with van der Waals surface area (Å²) in [7, 11) is 3.31. The van der Waals surface area contributed by atoms with Crippen LogP contribution >= 0.6 is 0 Å². The smallest absolute Gasteiger partial charge is 0.104 e. The quantitative estimate of drug-likeness (QED) is 0.584. The van der Waals surface area contributed by atoms with Gasteiger partial charge < -0.3 is 14.2 Å². The maximum atomic E-state index is 5.34. The molecule has 0 fully saturated rings. The van der Waals surface area contributed by atoms with E-state index in [4.69, 9.17) is 14.2 Å². The van der Waals surface area contributed by atoms with Gasteiger partial charge in [0, 0.05) is 14.2 Å². The summed E-state index contributed by atoms with van der Waals surface area (Å²) in [6.07, 6.45) is 0.312. The number of methoxy groups -OCH3 is 2. The molecule has 0 aliphatic heterocycles. The van der Waals surface area contributed by atoms with Crippen LogP contribution in [0.4, 0.5) is 0 Å². The van der Waals surface area contributed by atoms with E-state index in [0.29, 0.717) is 13.2 Å². The Morgan fingerprint density at radius 2 is 1.73 bits per heavy atom. The van der Waals surface area contributed by atoms with E-state index in [-0.39, 0.29) is 12.2 Å². The third-order valence-electron chi connectivity index (χ3n) is 1.30. The average molecular weight is 162 g/mol. The van der Waals surface area contributed by atoms with Crippen molar-refractivity contribution in [2.45, 2.75) is 26.1 Å². The molecule has 0 aliphatic rings. The number of ether oxygens (including phenoxy) is 3. The topological polar surface area (TPSA) is 27.7 Å². The van der Waals surface area contributed by atoms with E-state index in [1.807, 2.05) is 13.8 Å². The van der Waals surface area contributed by atoms with Crippen molar-refractivity contribution in [1.29, 1.82) is 0 Å². The van der Waals surface area contributed by atoms with Crippen molar-refractivity contribution in [3.8, 4) is 0 Å². The van der Waals surface area contributed by atoms with Gasteiger partial charge in [0.1, 0.15) is 6.10 Å². The first-order valence-electron chi connectivity index (χ1n) is 3.84. The summed E-state index contributed by atoms with van der Waals surface area (Å²) in [4.78, 5) is 0. The van der Waals surface area contributed by atoms with Gasteiger partial charge in [-0.05, 0) is 13.8 Å². The molecule has 1 atom stereocenters. The van der Waals surface area contributed by atoms with Crippen LogP contribution in [0.1, 0.15) is 13.8 Å². The molecule has 0 saturated heterocycles. The molecule has 11 heavy (non-hydrogen) atoms. The summed E-state index contributed by atoms with van der Waals surface area (Å²) < 4.78 is 15.4. The van der Waals surface area contributed by atoms with Gasteiger partial charge in [0.05, 0.1) is 19.3 Å². The van der Waals surface area contributed by atoms with Crippen molar-refractivity contribution in [3.63, 3.8) is 0 Å². The third-order valence-corrected chi connectivity index (χ3v) is 1.30. The van der Waals surface area contributed by atoms with Crippen molar-refractivity contribution >= 4 is 0 Å². The Morgan fingerprint density at radius 3 is 2.09 bits per heavy atom. The third kappa shape index (κ3) is 6.28. The molecule has 0 aliphatic carbocycles. The van der Waals surface area contributed by atoms with Crippen molar-refractivity contribution < 1.29 is 14.2 Å². The fourth-order valence-corrected chi connectivity index (χ4v) is 0.670. The standard InChI is InChI=1S/C8H18O3/c1-7(2)11-6-8(10-4)5-9-3/h7-8H,5-6H2,1-4H3. The first-order chi connectivity index (χ1) is 5.20. The highest BCUT2D eigenvalue weighted by Crippen LogP contribution is 1.95. The Hall–Kier alpha value is -0.120. The van der Waals surface area contributed by atoms with E-state index in [2.05, 4.69) is 0 Å². The summed E-state index contributed by atoms with van der Waals surface area (Å²) in [6.45, 7) is 5.18. The second kappa shape index (κ2) is 6.58. The zero-order valence-corrected chi connectivity index (χ0v) is 7.79. The molecule has 3 heteroatoms. The molecule has 68 valence electrons. The van der Waals surface area contributed by atoms with Crippen LogP contribution in [0, 0.1) is 0 Å². The molecular formula is C8H18O3. The Balaban J connectivity index is 3.35. The monoisotopic (exact) mass is 162 g/mol. The molecule has 0 aromatic rings. The molecule has 0 spiro atoms. The number of rotatable bonds is 6. The normalized spacial score (nSPS) is 13.9. The lowest BCUT2D eigenvalue weighted by Crippen LogP contribution is -2.25. The van der Waals surface area contributed by atoms with Gasteiger partial charge in [-0.15, -0.1) is 0 Å². The molecule has 0 N–H and O–H groups in total. The summed E-state index contributed by atoms with van der Waals surface area (Å²) in [5.41, 5.74) is 0. The zero-order valence-electron chi connectivity index (χ0n) is 7.79. The Labute approximate surface area is 68.6 Å². The SMILES string of the molecule is COCC(COC(C)C)OC. The largest absolute Gasteiger partial charge is 0.382 e. The molecule has 0 rings (SSSR count). The van der Waals surface area contributed by atoms with E-state index >= 15 is 0 Å². The van der Waals surface area contributed by atoms with Gasteiger partial charge in [-0.25, -0.2) is 0 Å². The summed E-state index contributed by atoms with van der Waals surface area (Å²) >= 11 is 0. The second-order valence-corrected chi connectivity index (χ2v) is 2.70. The molecule has 0 aromatic heterocycles. The highest BCUT2D eigenvalue weighted by atomic mass is 16.6. The first kappa shape index (κ1) is 10.9. The Morgan fingerprint density at radius 1 is 1.09 bits per heavy atom. The van der Waals surface area contributed by atoms with E-state index in [1.165, 1.54) is 0 Å². The maximum absolute atomic E-state index is 5.34. The van der Waals surface area contributed by atoms with Crippen LogP contribution in [-0.2, 0) is 14.2 Å². The molecule has 0 radical (unpaired) electrons. The lowest BCUT2D eigenvalue weighted by Gasteiger charge is -2.15. The van der Waals surface area contributed by atoms with Gasteiger partial charge in [0.25, 0.3) is 0 Å². The van der Waals surface area contributed by atoms with Crippen LogP contribution in [0.15, 0.2) is 0 Å². The molecule has 0 bridgehead atoms. The minimum atomic E-state index is 0.0578. The molecule has 0 aromatic carbocycles. The van der Waals surface area contributed by atoms with Crippen molar-refractivity contribution in [2.75, 3.05) is 27.4 Å². The van der Waals surface area contributed by atoms with Gasteiger partial charge in [-0.3, -0.25) is 0 Å². The van der Waals surface area contributed by atoms with Crippen LogP contribution in [-0.4, -0.2) is 39.6 Å². The minimum absolute atomic E-state index is 0.0578. The molecule has 1 unspecified atom stereocenters. The van der Waals surface area contributed by atoms with Crippen molar-refractivity contribution in [3.05, 3.63) is 0 Å². The summed E-state index contributed by atoms with van der Waals surface area (Å²) in [6, 6.07) is 0. The first-order valence-corrected chi connectivity index (χ1v) is 3.84. The Bertz CT molecular complexity index is 83.4. The predicted molar refractivity (Wildman–Crippen MR) is 43.8 cm³/mol. The van der Waals surface area contributed by atoms with E-state index in [9.17, 15) is 0 Å². The molecular weight excluding hydrogens is 144 g/mol. The van der Waals surface area contributed by atoms with Crippen LogP contribution < -0.4 is 0 Å². The molecule has 0 amide bonds. The predicted octanol–water partition coefficient (Wildman–Crippen LogP) is 1.07. The lowest BCUT2D eigenvalue weighted by atomic mass is 10.4. The number of hydrogen-bond donors (Lipinski definition) is 0. The van der Waals surface area contributed by atoms with Gasteiger partial charge in [-0.1, -0.05) is 0 Å². The molecule has 3 nitrogen and oxygen atoms in total. The van der Waals surface area contributed by atoms with Gasteiger partial charge in [0.2, 0.25) is 0 Å². The van der Waals surface area contributed by atoms with Gasteiger partial charge >= 0.3 is 0 Å². The summed E-state index contributed by atoms with van der Waals surface area (Å²) in [5.74, 6) is 0.